The van der Waals surface area contributed by atoms with E-state index in [0.717, 1.165) is 5.39 Å². The maximum Gasteiger partial charge on any atom is 0.280 e. The van der Waals surface area contributed by atoms with Crippen molar-refractivity contribution in [1.29, 1.82) is 0 Å². The molecule has 0 radical (unpaired) electrons. The van der Waals surface area contributed by atoms with E-state index >= 15 is 0 Å². The second-order valence-electron chi connectivity index (χ2n) is 7.39. The van der Waals surface area contributed by atoms with E-state index in [1.54, 1.807) is 27.9 Å². The van der Waals surface area contributed by atoms with Gasteiger partial charge in [-0.25, -0.2) is 13.8 Å². The summed E-state index contributed by atoms with van der Waals surface area (Å²) < 4.78 is 38.0. The van der Waals surface area contributed by atoms with E-state index in [4.69, 9.17) is 9.47 Å². The predicted octanol–water partition coefficient (Wildman–Crippen LogP) is 2.66. The molecular weight excluding hydrogens is 422 g/mol. The Hall–Kier alpha value is -3.40. The third kappa shape index (κ3) is 4.75. The van der Waals surface area contributed by atoms with Crippen LogP contribution in [-0.2, 0) is 22.5 Å². The van der Waals surface area contributed by atoms with Crippen molar-refractivity contribution in [2.24, 2.45) is 0 Å². The Balaban J connectivity index is 1.55. The van der Waals surface area contributed by atoms with Gasteiger partial charge >= 0.3 is 0 Å². The Bertz CT molecular complexity index is 1140. The van der Waals surface area contributed by atoms with E-state index in [-0.39, 0.29) is 24.6 Å². The number of hydrogen-bond donors (Lipinski definition) is 0. The number of fused-ring (bicyclic) bond motifs is 1. The molecule has 0 bridgehead atoms. The average Bonchev–Trinajstić information content (AvgIpc) is 3.20. The first kappa shape index (κ1) is 21.8. The van der Waals surface area contributed by atoms with Gasteiger partial charge in [-0.05, 0) is 18.2 Å². The average molecular weight is 444 g/mol. The number of Topliss-reactive ketones (excluding diaryl/α,β-unsaturated/α-hetero) is 1. The van der Waals surface area contributed by atoms with Gasteiger partial charge in [-0.2, -0.15) is 5.10 Å². The number of amides is 1. The number of morpholine rings is 1. The summed E-state index contributed by atoms with van der Waals surface area (Å²) in [5.41, 5.74) is 0.722. The van der Waals surface area contributed by atoms with E-state index in [1.165, 1.54) is 25.3 Å². The number of aromatic nitrogens is 3. The van der Waals surface area contributed by atoms with Crippen LogP contribution in [-0.4, -0.2) is 64.8 Å². The van der Waals surface area contributed by atoms with Crippen molar-refractivity contribution in [2.45, 2.75) is 19.4 Å². The Morgan fingerprint density at radius 2 is 2.00 bits per heavy atom. The van der Waals surface area contributed by atoms with Crippen molar-refractivity contribution in [3.05, 3.63) is 53.5 Å². The summed E-state index contributed by atoms with van der Waals surface area (Å²) in [6, 6.07) is 7.43. The van der Waals surface area contributed by atoms with E-state index in [0.29, 0.717) is 43.1 Å². The summed E-state index contributed by atoms with van der Waals surface area (Å²) in [5.74, 6) is -0.00545. The Morgan fingerprint density at radius 1 is 1.22 bits per heavy atom. The second-order valence-corrected chi connectivity index (χ2v) is 7.39. The molecule has 1 aliphatic heterocycles. The zero-order valence-corrected chi connectivity index (χ0v) is 17.5. The zero-order valence-electron chi connectivity index (χ0n) is 17.5. The monoisotopic (exact) mass is 444 g/mol. The maximum absolute atomic E-state index is 12.9. The number of nitrogens with zero attached hydrogens (tertiary/aromatic N) is 4. The summed E-state index contributed by atoms with van der Waals surface area (Å²) in [7, 11) is 1.48. The summed E-state index contributed by atoms with van der Waals surface area (Å²) in [5, 5.41) is 5.18. The Kier molecular flexibility index (Phi) is 6.40. The van der Waals surface area contributed by atoms with Gasteiger partial charge in [0.1, 0.15) is 23.7 Å². The summed E-state index contributed by atoms with van der Waals surface area (Å²) in [6.07, 6.45) is -1.09. The van der Waals surface area contributed by atoms with Crippen molar-refractivity contribution >= 4 is 22.6 Å². The molecule has 3 heterocycles. The number of pyridine rings is 1. The molecular formula is C22H22F2N4O4. The number of halogens is 2. The first-order valence-corrected chi connectivity index (χ1v) is 10.1. The molecule has 10 heteroatoms. The highest BCUT2D eigenvalue weighted by atomic mass is 19.3. The summed E-state index contributed by atoms with van der Waals surface area (Å²) >= 11 is 0. The lowest BCUT2D eigenvalue weighted by Gasteiger charge is -2.26. The molecule has 0 unspecified atom stereocenters. The van der Waals surface area contributed by atoms with Crippen molar-refractivity contribution in [2.75, 3.05) is 33.4 Å². The number of alkyl halides is 2. The van der Waals surface area contributed by atoms with Gasteiger partial charge < -0.3 is 14.4 Å². The number of ether oxygens (including phenoxy) is 2. The minimum absolute atomic E-state index is 0.0308. The van der Waals surface area contributed by atoms with E-state index in [2.05, 4.69) is 10.1 Å². The number of rotatable bonds is 7. The summed E-state index contributed by atoms with van der Waals surface area (Å²) in [4.78, 5) is 30.7. The van der Waals surface area contributed by atoms with E-state index in [9.17, 15) is 18.4 Å². The van der Waals surface area contributed by atoms with Crippen LogP contribution in [0.1, 0.15) is 28.2 Å². The third-order valence-electron chi connectivity index (χ3n) is 5.25. The van der Waals surface area contributed by atoms with Crippen LogP contribution in [0.2, 0.25) is 0 Å². The molecule has 4 rings (SSSR count). The SMILES string of the molecule is COc1cc2nn(CC(=O)N3CCOCC3)cc2cc1CC(=O)c1cccc(C(F)F)n1. The van der Waals surface area contributed by atoms with Gasteiger partial charge in [-0.3, -0.25) is 14.3 Å². The minimum Gasteiger partial charge on any atom is -0.496 e. The third-order valence-corrected chi connectivity index (χ3v) is 5.25. The number of benzene rings is 1. The fraction of sp³-hybridized carbons (Fsp3) is 0.364. The van der Waals surface area contributed by atoms with Crippen LogP contribution in [0.4, 0.5) is 8.78 Å². The van der Waals surface area contributed by atoms with Gasteiger partial charge in [0.25, 0.3) is 6.43 Å². The molecule has 2 aromatic heterocycles. The topological polar surface area (TPSA) is 86.5 Å². The molecule has 1 fully saturated rings. The van der Waals surface area contributed by atoms with Crippen molar-refractivity contribution in [1.82, 2.24) is 19.7 Å². The first-order chi connectivity index (χ1) is 15.4. The molecule has 8 nitrogen and oxygen atoms in total. The van der Waals surface area contributed by atoms with Crippen LogP contribution in [0.3, 0.4) is 0 Å². The fourth-order valence-electron chi connectivity index (χ4n) is 3.60. The Morgan fingerprint density at radius 3 is 2.72 bits per heavy atom. The number of ketones is 1. The van der Waals surface area contributed by atoms with E-state index in [1.807, 2.05) is 0 Å². The van der Waals surface area contributed by atoms with Crippen LogP contribution >= 0.6 is 0 Å². The molecule has 0 saturated carbocycles. The molecule has 1 aromatic carbocycles. The fourth-order valence-corrected chi connectivity index (χ4v) is 3.60. The molecule has 0 spiro atoms. The number of carbonyl (C=O) groups is 2. The number of methoxy groups -OCH3 is 1. The normalized spacial score (nSPS) is 14.2. The molecule has 0 atom stereocenters. The van der Waals surface area contributed by atoms with Crippen molar-refractivity contribution < 1.29 is 27.8 Å². The van der Waals surface area contributed by atoms with Gasteiger partial charge in [-0.1, -0.05) is 6.07 Å². The van der Waals surface area contributed by atoms with E-state index < -0.39 is 17.9 Å². The van der Waals surface area contributed by atoms with Gasteiger partial charge in [-0.15, -0.1) is 0 Å². The number of carbonyl (C=O) groups excluding carboxylic acids is 2. The largest absolute Gasteiger partial charge is 0.496 e. The number of hydrogen-bond acceptors (Lipinski definition) is 6. The highest BCUT2D eigenvalue weighted by Gasteiger charge is 2.19. The van der Waals surface area contributed by atoms with Gasteiger partial charge in [0.2, 0.25) is 5.91 Å². The van der Waals surface area contributed by atoms with Crippen LogP contribution in [0.25, 0.3) is 10.9 Å². The molecule has 1 aliphatic rings. The molecule has 3 aromatic rings. The lowest BCUT2D eigenvalue weighted by atomic mass is 10.0. The highest BCUT2D eigenvalue weighted by Crippen LogP contribution is 2.27. The molecule has 0 N–H and O–H groups in total. The van der Waals surface area contributed by atoms with Gasteiger partial charge in [0.15, 0.2) is 5.78 Å². The minimum atomic E-state index is -2.75. The standard InChI is InChI=1S/C22H22F2N4O4/c1-31-20-11-18-15(12-28(26-18)13-21(30)27-5-7-32-8-6-27)9-14(20)10-19(29)16-3-2-4-17(25-16)22(23)24/h2-4,9,11-12,22H,5-8,10,13H2,1H3. The molecule has 168 valence electrons. The predicted molar refractivity (Wildman–Crippen MR) is 111 cm³/mol. The molecule has 1 saturated heterocycles. The van der Waals surface area contributed by atoms with Crippen LogP contribution in [0.5, 0.6) is 5.75 Å². The quantitative estimate of drug-likeness (QED) is 0.521. The molecule has 32 heavy (non-hydrogen) atoms. The van der Waals surface area contributed by atoms with Crippen LogP contribution in [0, 0.1) is 0 Å². The van der Waals surface area contributed by atoms with Crippen LogP contribution < -0.4 is 4.74 Å². The smallest absolute Gasteiger partial charge is 0.280 e. The lowest BCUT2D eigenvalue weighted by Crippen LogP contribution is -2.42. The first-order valence-electron chi connectivity index (χ1n) is 10.1. The van der Waals surface area contributed by atoms with Gasteiger partial charge in [0, 0.05) is 42.7 Å². The Labute approximate surface area is 182 Å². The molecule has 1 amide bonds. The van der Waals surface area contributed by atoms with Crippen molar-refractivity contribution in [3.8, 4) is 5.75 Å². The zero-order chi connectivity index (χ0) is 22.7. The highest BCUT2D eigenvalue weighted by molar-refractivity contribution is 5.97. The van der Waals surface area contributed by atoms with Crippen molar-refractivity contribution in [3.63, 3.8) is 0 Å². The molecule has 0 aliphatic carbocycles. The van der Waals surface area contributed by atoms with Crippen LogP contribution in [0.15, 0.2) is 36.5 Å². The van der Waals surface area contributed by atoms with Gasteiger partial charge in [0.05, 0.1) is 25.8 Å². The maximum atomic E-state index is 12.9. The lowest BCUT2D eigenvalue weighted by molar-refractivity contribution is -0.136. The summed E-state index contributed by atoms with van der Waals surface area (Å²) in [6.45, 7) is 2.25. The second kappa shape index (κ2) is 9.39.